The molecule has 0 saturated heterocycles. The van der Waals surface area contributed by atoms with Crippen molar-refractivity contribution in [3.8, 4) is 5.75 Å². The third-order valence-electron chi connectivity index (χ3n) is 2.68. The number of alkyl halides is 1. The van der Waals surface area contributed by atoms with Crippen molar-refractivity contribution in [1.82, 2.24) is 0 Å². The van der Waals surface area contributed by atoms with E-state index in [0.717, 1.165) is 28.5 Å². The van der Waals surface area contributed by atoms with Gasteiger partial charge >= 0.3 is 5.63 Å². The highest BCUT2D eigenvalue weighted by molar-refractivity contribution is 9.09. The Morgan fingerprint density at radius 3 is 2.94 bits per heavy atom. The van der Waals surface area contributed by atoms with Crippen LogP contribution >= 0.6 is 15.9 Å². The minimum absolute atomic E-state index is 0.427. The molecular formula is C13H14BrNO3. The first-order valence-electron chi connectivity index (χ1n) is 5.65. The predicted molar refractivity (Wildman–Crippen MR) is 75.5 cm³/mol. The second kappa shape index (κ2) is 5.44. The van der Waals surface area contributed by atoms with Gasteiger partial charge in [0.25, 0.3) is 0 Å². The Morgan fingerprint density at radius 1 is 1.44 bits per heavy atom. The zero-order valence-electron chi connectivity index (χ0n) is 10.0. The molecule has 0 radical (unpaired) electrons. The van der Waals surface area contributed by atoms with Crippen LogP contribution in [0, 0.1) is 6.92 Å². The fourth-order valence-electron chi connectivity index (χ4n) is 1.76. The lowest BCUT2D eigenvalue weighted by Crippen LogP contribution is -2.03. The summed E-state index contributed by atoms with van der Waals surface area (Å²) in [4.78, 5) is 11.3. The van der Waals surface area contributed by atoms with Gasteiger partial charge in [-0.15, -0.1) is 0 Å². The molecule has 0 spiro atoms. The number of aryl methyl sites for hydroxylation is 1. The highest BCUT2D eigenvalue weighted by Crippen LogP contribution is 2.29. The standard InChI is InChI=1S/C13H14BrNO3/c1-8-11(17-6-2-5-14)4-3-9-10(15)7-12(16)18-13(8)9/h3-4,7H,2,5-6,15H2,1H3. The number of hydrogen-bond donors (Lipinski definition) is 1. The fourth-order valence-corrected chi connectivity index (χ4v) is 1.99. The molecule has 0 amide bonds. The first-order valence-corrected chi connectivity index (χ1v) is 6.77. The van der Waals surface area contributed by atoms with Gasteiger partial charge in [0.2, 0.25) is 0 Å². The Hall–Kier alpha value is -1.49. The molecule has 2 rings (SSSR count). The number of anilines is 1. The van der Waals surface area contributed by atoms with E-state index in [1.54, 1.807) is 0 Å². The first kappa shape index (κ1) is 13.0. The molecule has 4 nitrogen and oxygen atoms in total. The molecule has 1 aromatic carbocycles. The minimum Gasteiger partial charge on any atom is -0.493 e. The molecule has 2 N–H and O–H groups in total. The number of benzene rings is 1. The van der Waals surface area contributed by atoms with E-state index < -0.39 is 5.63 Å². The monoisotopic (exact) mass is 311 g/mol. The Bertz CT molecular complexity index is 621. The molecule has 0 atom stereocenters. The van der Waals surface area contributed by atoms with Gasteiger partial charge in [0.15, 0.2) is 0 Å². The summed E-state index contributed by atoms with van der Waals surface area (Å²) >= 11 is 3.34. The van der Waals surface area contributed by atoms with Crippen molar-refractivity contribution in [3.63, 3.8) is 0 Å². The van der Waals surface area contributed by atoms with Crippen LogP contribution in [0.1, 0.15) is 12.0 Å². The highest BCUT2D eigenvalue weighted by atomic mass is 79.9. The maximum atomic E-state index is 11.3. The second-order valence-electron chi connectivity index (χ2n) is 3.98. The van der Waals surface area contributed by atoms with E-state index in [0.29, 0.717) is 17.9 Å². The van der Waals surface area contributed by atoms with Gasteiger partial charge < -0.3 is 14.9 Å². The number of nitrogens with two attached hydrogens (primary N) is 1. The van der Waals surface area contributed by atoms with Gasteiger partial charge in [0.1, 0.15) is 11.3 Å². The van der Waals surface area contributed by atoms with Crippen molar-refractivity contribution in [1.29, 1.82) is 0 Å². The summed E-state index contributed by atoms with van der Waals surface area (Å²) in [6.45, 7) is 2.47. The second-order valence-corrected chi connectivity index (χ2v) is 4.77. The van der Waals surface area contributed by atoms with Gasteiger partial charge in [0, 0.05) is 28.0 Å². The topological polar surface area (TPSA) is 65.5 Å². The maximum Gasteiger partial charge on any atom is 0.338 e. The molecule has 0 fully saturated rings. The average Bonchev–Trinajstić information content (AvgIpc) is 2.33. The maximum absolute atomic E-state index is 11.3. The Morgan fingerprint density at radius 2 is 2.22 bits per heavy atom. The van der Waals surface area contributed by atoms with Crippen LogP contribution in [-0.4, -0.2) is 11.9 Å². The molecule has 1 heterocycles. The van der Waals surface area contributed by atoms with Crippen molar-refractivity contribution in [2.24, 2.45) is 0 Å². The summed E-state index contributed by atoms with van der Waals surface area (Å²) in [5.74, 6) is 0.720. The third-order valence-corrected chi connectivity index (χ3v) is 3.24. The molecular weight excluding hydrogens is 298 g/mol. The average molecular weight is 312 g/mol. The molecule has 5 heteroatoms. The van der Waals surface area contributed by atoms with Gasteiger partial charge in [0.05, 0.1) is 6.61 Å². The van der Waals surface area contributed by atoms with Gasteiger partial charge in [-0.2, -0.15) is 0 Å². The zero-order valence-corrected chi connectivity index (χ0v) is 11.6. The van der Waals surface area contributed by atoms with Crippen molar-refractivity contribution in [2.45, 2.75) is 13.3 Å². The molecule has 1 aromatic heterocycles. The third kappa shape index (κ3) is 2.51. The smallest absolute Gasteiger partial charge is 0.338 e. The van der Waals surface area contributed by atoms with Gasteiger partial charge in [-0.1, -0.05) is 15.9 Å². The van der Waals surface area contributed by atoms with Crippen LogP contribution in [0.3, 0.4) is 0 Å². The molecule has 0 unspecified atom stereocenters. The van der Waals surface area contributed by atoms with Crippen LogP contribution < -0.4 is 16.1 Å². The van der Waals surface area contributed by atoms with Crippen molar-refractivity contribution < 1.29 is 9.15 Å². The highest BCUT2D eigenvalue weighted by Gasteiger charge is 2.10. The van der Waals surface area contributed by atoms with Crippen molar-refractivity contribution in [2.75, 3.05) is 17.7 Å². The van der Waals surface area contributed by atoms with Gasteiger partial charge in [-0.25, -0.2) is 4.79 Å². The fraction of sp³-hybridized carbons (Fsp3) is 0.308. The lowest BCUT2D eigenvalue weighted by molar-refractivity contribution is 0.317. The molecule has 2 aromatic rings. The van der Waals surface area contributed by atoms with Crippen LogP contribution in [0.15, 0.2) is 27.4 Å². The molecule has 96 valence electrons. The van der Waals surface area contributed by atoms with E-state index in [4.69, 9.17) is 14.9 Å². The van der Waals surface area contributed by atoms with E-state index in [1.807, 2.05) is 19.1 Å². The number of fused-ring (bicyclic) bond motifs is 1. The van der Waals surface area contributed by atoms with Gasteiger partial charge in [-0.3, -0.25) is 0 Å². The Labute approximate surface area is 113 Å². The molecule has 0 aliphatic carbocycles. The Balaban J connectivity index is 2.46. The van der Waals surface area contributed by atoms with E-state index in [9.17, 15) is 4.79 Å². The molecule has 0 saturated carbocycles. The van der Waals surface area contributed by atoms with Crippen LogP contribution in [0.2, 0.25) is 0 Å². The summed E-state index contributed by atoms with van der Waals surface area (Å²) in [6.07, 6.45) is 0.915. The van der Waals surface area contributed by atoms with Crippen molar-refractivity contribution >= 4 is 32.6 Å². The summed E-state index contributed by atoms with van der Waals surface area (Å²) in [5, 5.41) is 1.63. The van der Waals surface area contributed by atoms with Crippen LogP contribution in [0.25, 0.3) is 11.0 Å². The van der Waals surface area contributed by atoms with Crippen LogP contribution in [-0.2, 0) is 0 Å². The van der Waals surface area contributed by atoms with E-state index >= 15 is 0 Å². The lowest BCUT2D eigenvalue weighted by atomic mass is 10.1. The SMILES string of the molecule is Cc1c(OCCCBr)ccc2c(N)cc(=O)oc12. The molecule has 18 heavy (non-hydrogen) atoms. The minimum atomic E-state index is -0.444. The molecule has 0 aliphatic heterocycles. The number of nitrogen functional groups attached to an aromatic ring is 1. The summed E-state index contributed by atoms with van der Waals surface area (Å²) in [5.41, 5.74) is 7.07. The predicted octanol–water partition coefficient (Wildman–Crippen LogP) is 2.85. The normalized spacial score (nSPS) is 10.8. The van der Waals surface area contributed by atoms with E-state index in [1.165, 1.54) is 6.07 Å². The summed E-state index contributed by atoms with van der Waals surface area (Å²) in [6, 6.07) is 4.94. The molecule has 0 aliphatic rings. The first-order chi connectivity index (χ1) is 8.63. The van der Waals surface area contributed by atoms with Crippen LogP contribution in [0.5, 0.6) is 5.75 Å². The van der Waals surface area contributed by atoms with Crippen LogP contribution in [0.4, 0.5) is 5.69 Å². The number of ether oxygens (including phenoxy) is 1. The van der Waals surface area contributed by atoms with Gasteiger partial charge in [-0.05, 0) is 25.5 Å². The Kier molecular flexibility index (Phi) is 3.91. The molecule has 0 bridgehead atoms. The largest absolute Gasteiger partial charge is 0.493 e. The number of rotatable bonds is 4. The summed E-state index contributed by atoms with van der Waals surface area (Å²) < 4.78 is 10.8. The quantitative estimate of drug-likeness (QED) is 0.535. The van der Waals surface area contributed by atoms with Crippen molar-refractivity contribution in [3.05, 3.63) is 34.2 Å². The number of halogens is 1. The zero-order chi connectivity index (χ0) is 13.1. The lowest BCUT2D eigenvalue weighted by Gasteiger charge is -2.10. The van der Waals surface area contributed by atoms with E-state index in [2.05, 4.69) is 15.9 Å². The number of hydrogen-bond acceptors (Lipinski definition) is 4. The van der Waals surface area contributed by atoms with E-state index in [-0.39, 0.29) is 0 Å². The summed E-state index contributed by atoms with van der Waals surface area (Å²) in [7, 11) is 0.